The number of hydrogen-bond donors (Lipinski definition) is 13. The molecule has 111 heavy (non-hydrogen) atoms. The minimum Gasteiger partial charge on any atom is -0.790 e. The molecule has 2 aliphatic heterocycles. The van der Waals surface area contributed by atoms with Crippen molar-refractivity contribution in [3.8, 4) is 0 Å². The number of allylic oxidation sites excluding steroid dienone is 2. The van der Waals surface area contributed by atoms with Gasteiger partial charge >= 0.3 is 0 Å². The monoisotopic (exact) mass is 1700 g/mol. The molecular formula is C54H85N17O34P6-8. The van der Waals surface area contributed by atoms with Gasteiger partial charge in [0.05, 0.1) is 54.7 Å². The summed E-state index contributed by atoms with van der Waals surface area (Å²) in [6, 6.07) is -0.330. The smallest absolute Gasteiger partial charge is 0.274 e. The number of aliphatic hydroxyl groups excluding tert-OH is 4. The molecule has 4 aromatic heterocycles. The minimum atomic E-state index is -5.92. The molecule has 0 bridgehead atoms. The summed E-state index contributed by atoms with van der Waals surface area (Å²) in [4.78, 5) is 192. The van der Waals surface area contributed by atoms with E-state index in [1.165, 1.54) is 33.8 Å². The van der Waals surface area contributed by atoms with E-state index in [4.69, 9.17) is 38.1 Å². The first-order valence-corrected chi connectivity index (χ1v) is 41.8. The Bertz CT molecular complexity index is 4150. The Morgan fingerprint density at radius 2 is 0.964 bits per heavy atom. The van der Waals surface area contributed by atoms with Gasteiger partial charge in [-0.1, -0.05) is 33.8 Å². The molecule has 14 unspecified atom stereocenters. The summed E-state index contributed by atoms with van der Waals surface area (Å²) in [6.45, 7) is 0.710. The van der Waals surface area contributed by atoms with E-state index in [-0.39, 0.29) is 110 Å². The quantitative estimate of drug-likeness (QED) is 0.0111. The van der Waals surface area contributed by atoms with Gasteiger partial charge in [-0.3, -0.25) is 56.2 Å². The number of nitrogens with zero attached hydrogens (tertiary/aromatic N) is 8. The van der Waals surface area contributed by atoms with Gasteiger partial charge < -0.3 is 155 Å². The van der Waals surface area contributed by atoms with Crippen molar-refractivity contribution in [1.29, 1.82) is 0 Å². The highest BCUT2D eigenvalue weighted by Gasteiger charge is 2.49. The number of phosphoric ester groups is 6. The molecule has 15 atom stereocenters. The van der Waals surface area contributed by atoms with E-state index < -0.39 is 169 Å². The molecule has 4 aromatic rings. The molecule has 18 N–H and O–H groups in total. The number of fused-ring (bicyclic) bond motifs is 2. The SMILES string of the molecule is CC(C)(COP(=O)([O-])OP(=O)([O-])OCC1OC(n2cnc3c(N)ncnc32)C(O)C1OP(=O)([O-])[O-])C(O)C(=O)NCCC(=O)NCCC(=O)/C=C/CCCN.CC(C)(COP(=O)([O-])OP(=O)([O-])OCC1OC(n2cnc3c(N)ncnc32)C(O)C1OP(=O)([O-])[O-])C(O)C(=O)NCCC(=O)NCCC(=O)C[C@@H](N)CCCN. The maximum Gasteiger partial charge on any atom is 0.274 e. The van der Waals surface area contributed by atoms with Crippen LogP contribution >= 0.6 is 46.9 Å². The zero-order valence-electron chi connectivity index (χ0n) is 59.4. The van der Waals surface area contributed by atoms with Crippen molar-refractivity contribution in [3.05, 3.63) is 37.5 Å². The second kappa shape index (κ2) is 42.1. The van der Waals surface area contributed by atoms with Gasteiger partial charge in [0.25, 0.3) is 31.3 Å². The van der Waals surface area contributed by atoms with Crippen molar-refractivity contribution in [2.75, 3.05) is 77.2 Å². The van der Waals surface area contributed by atoms with Crippen LogP contribution in [-0.2, 0) is 101 Å². The lowest BCUT2D eigenvalue weighted by Crippen LogP contribution is -2.46. The molecule has 51 nitrogen and oxygen atoms in total. The standard InChI is InChI=1S/C27H48N9O17P3.C27H45N8O17P3/c1-27(2,22(40)25(41)32-9-6-18(38)31-8-5-16(37)10-15(29)4-3-7-28)12-50-56(47,48)53-55(45,46)49-11-17-21(52-54(42,43)44)20(39)26(51-17)36-14-35-19-23(30)33-13-34-24(19)36;1-27(2,22(39)25(40)31-11-8-18(37)30-10-7-16(36)6-4-3-5-9-28)13-49-55(46,47)52-54(44,45)48-12-17-21(51-53(41,42)43)20(38)26(50-17)35-15-34-19-23(29)32-14-33-24(19)35/h13-15,17,20-22,26,39-40H,3-12,28-29H2,1-2H3,(H,31,38)(H,32,41)(H,45,46)(H,47,48)(H2,30,33,34)(H2,42,43,44);4,6,14-15,17,20-22,26,38-39H,3,5,7-13,28H2,1-2H3,(H,30,37)(H,31,40)(H,44,45)(H,46,47)(H2,29,32,33)(H2,41,42,43)/p-8/b;6-4+/t15-,17?,20?,21?,22?,26?;/m0./s1. The predicted molar refractivity (Wildman–Crippen MR) is 359 cm³/mol. The van der Waals surface area contributed by atoms with E-state index in [9.17, 15) is 116 Å². The summed E-state index contributed by atoms with van der Waals surface area (Å²) in [5.74, 6) is -3.60. The number of carbonyl (C=O) groups excluding carboxylic acids is 6. The second-order valence-electron chi connectivity index (χ2n) is 25.7. The fourth-order valence-electron chi connectivity index (χ4n) is 9.91. The molecule has 4 amide bonds. The maximum absolute atomic E-state index is 12.5. The van der Waals surface area contributed by atoms with Gasteiger partial charge in [0.2, 0.25) is 23.6 Å². The number of anilines is 2. The fraction of sp³-hybridized carbons (Fsp3) is 0.667. The van der Waals surface area contributed by atoms with Gasteiger partial charge in [0.1, 0.15) is 78.3 Å². The van der Waals surface area contributed by atoms with Gasteiger partial charge in [-0.05, 0) is 44.8 Å². The fourth-order valence-corrected chi connectivity index (χ4v) is 15.4. The number of aromatic nitrogens is 8. The molecule has 0 spiro atoms. The first-order chi connectivity index (χ1) is 51.5. The summed E-state index contributed by atoms with van der Waals surface area (Å²) in [5, 5.41) is 52.1. The van der Waals surface area contributed by atoms with Crippen LogP contribution in [0.1, 0.15) is 97.9 Å². The number of phosphoric acid groups is 6. The number of nitrogens with two attached hydrogens (primary N) is 5. The van der Waals surface area contributed by atoms with E-state index in [0.717, 1.165) is 40.9 Å². The molecule has 2 fully saturated rings. The molecule has 2 saturated heterocycles. The Kier molecular flexibility index (Phi) is 36.2. The molecule has 0 saturated carbocycles. The Hall–Kier alpha value is -5.96. The average molecular weight is 1700 g/mol. The number of aliphatic hydroxyl groups is 4. The lowest BCUT2D eigenvalue weighted by Gasteiger charge is -2.36. The third kappa shape index (κ3) is 31.3. The second-order valence-corrected chi connectivity index (χ2v) is 33.8. The third-order valence-corrected chi connectivity index (χ3v) is 21.7. The summed E-state index contributed by atoms with van der Waals surface area (Å²) in [5.41, 5.74) is 24.7. The summed E-state index contributed by atoms with van der Waals surface area (Å²) in [7, 11) is -35.2. The van der Waals surface area contributed by atoms with Crippen molar-refractivity contribution in [3.63, 3.8) is 0 Å². The van der Waals surface area contributed by atoms with Crippen molar-refractivity contribution in [1.82, 2.24) is 60.3 Å². The number of ether oxygens (including phenoxy) is 2. The van der Waals surface area contributed by atoms with Gasteiger partial charge in [-0.25, -0.2) is 38.5 Å². The van der Waals surface area contributed by atoms with Gasteiger partial charge in [-0.2, -0.15) is 0 Å². The van der Waals surface area contributed by atoms with E-state index in [2.05, 4.69) is 86.9 Å². The number of unbranched alkanes of at least 4 members (excludes halogenated alkanes) is 1. The van der Waals surface area contributed by atoms with Crippen LogP contribution in [0.5, 0.6) is 0 Å². The first-order valence-electron chi connectivity index (χ1n) is 33.0. The Morgan fingerprint density at radius 1 is 0.577 bits per heavy atom. The van der Waals surface area contributed by atoms with E-state index in [1.807, 2.05) is 0 Å². The van der Waals surface area contributed by atoms with Crippen molar-refractivity contribution < 1.29 is 161 Å². The normalized spacial score (nSPS) is 22.1. The molecule has 0 radical (unpaired) electrons. The van der Waals surface area contributed by atoms with Crippen LogP contribution in [0.25, 0.3) is 22.3 Å². The number of ketones is 2. The Labute approximate surface area is 630 Å². The summed E-state index contributed by atoms with van der Waals surface area (Å²) < 4.78 is 121. The first kappa shape index (κ1) is 95.6. The highest BCUT2D eigenvalue weighted by atomic mass is 31.3. The molecule has 2 aliphatic rings. The number of Topliss-reactive ketones (excluding diaryl/α,β-unsaturated/α-hetero) is 1. The van der Waals surface area contributed by atoms with Crippen LogP contribution in [0, 0.1) is 10.8 Å². The predicted octanol–water partition coefficient (Wildman–Crippen LogP) is -8.58. The molecule has 0 aromatic carbocycles. The van der Waals surface area contributed by atoms with Gasteiger partial charge in [-0.15, -0.1) is 0 Å². The third-order valence-electron chi connectivity index (χ3n) is 15.7. The largest absolute Gasteiger partial charge is 0.790 e. The molecular weight excluding hydrogens is 1620 g/mol. The van der Waals surface area contributed by atoms with E-state index in [1.54, 1.807) is 6.08 Å². The summed E-state index contributed by atoms with van der Waals surface area (Å²) >= 11 is 0. The maximum atomic E-state index is 12.5. The van der Waals surface area contributed by atoms with Crippen LogP contribution in [0.2, 0.25) is 0 Å². The molecule has 6 heterocycles. The van der Waals surface area contributed by atoms with Crippen molar-refractivity contribution in [2.45, 2.75) is 153 Å². The lowest BCUT2D eigenvalue weighted by molar-refractivity contribution is -0.348. The number of rotatable bonds is 47. The van der Waals surface area contributed by atoms with Crippen LogP contribution in [0.15, 0.2) is 37.5 Å². The highest BCUT2D eigenvalue weighted by molar-refractivity contribution is 7.60. The van der Waals surface area contributed by atoms with Crippen LogP contribution < -0.4 is 89.1 Å². The Balaban J connectivity index is 0.000000397. The van der Waals surface area contributed by atoms with Crippen LogP contribution in [-0.4, -0.2) is 215 Å². The minimum absolute atomic E-state index is 0.0240. The number of amides is 4. The van der Waals surface area contributed by atoms with E-state index >= 15 is 0 Å². The van der Waals surface area contributed by atoms with Crippen LogP contribution in [0.4, 0.5) is 11.6 Å². The number of nitrogen functional groups attached to an aromatic ring is 2. The number of nitrogens with one attached hydrogen (secondary N) is 4. The summed E-state index contributed by atoms with van der Waals surface area (Å²) in [6.07, 6.45) is -9.35. The van der Waals surface area contributed by atoms with E-state index in [0.29, 0.717) is 32.4 Å². The van der Waals surface area contributed by atoms with Gasteiger partial charge in [0.15, 0.2) is 41.2 Å². The number of carbonyl (C=O) groups is 6. The lowest BCUT2D eigenvalue weighted by atomic mass is 9.87. The number of imidazole rings is 2. The van der Waals surface area contributed by atoms with Gasteiger partial charge in [0, 0.05) is 75.2 Å². The molecule has 628 valence electrons. The number of hydrogen-bond acceptors (Lipinski definition) is 45. The zero-order chi connectivity index (χ0) is 83.3. The average Bonchev–Trinajstić information content (AvgIpc) is 1.62. The topological polar surface area (TPSA) is 828 Å². The molecule has 57 heteroatoms. The highest BCUT2D eigenvalue weighted by Crippen LogP contribution is 2.58. The van der Waals surface area contributed by atoms with Crippen molar-refractivity contribution >= 4 is 116 Å². The van der Waals surface area contributed by atoms with Crippen molar-refractivity contribution in [2.24, 2.45) is 28.0 Å². The zero-order valence-corrected chi connectivity index (χ0v) is 64.8. The molecule has 0 aliphatic carbocycles. The van der Waals surface area contributed by atoms with Crippen LogP contribution in [0.3, 0.4) is 0 Å². The Morgan fingerprint density at radius 3 is 1.36 bits per heavy atom. The molecule has 6 rings (SSSR count).